The molecular weight excluding hydrogens is 564 g/mol. The van der Waals surface area contributed by atoms with Crippen molar-refractivity contribution in [1.29, 1.82) is 0 Å². The van der Waals surface area contributed by atoms with Gasteiger partial charge < -0.3 is 14.4 Å². The zero-order valence-electron chi connectivity index (χ0n) is 22.1. The molecule has 0 saturated carbocycles. The molecule has 204 valence electrons. The number of benzene rings is 2. The van der Waals surface area contributed by atoms with Gasteiger partial charge in [-0.2, -0.15) is 0 Å². The predicted molar refractivity (Wildman–Crippen MR) is 150 cm³/mol. The minimum Gasteiger partial charge on any atom is -0.493 e. The van der Waals surface area contributed by atoms with Gasteiger partial charge in [0.05, 0.1) is 16.5 Å². The number of hydrogen-bond acceptors (Lipinski definition) is 7. The fourth-order valence-corrected chi connectivity index (χ4v) is 6.58. The number of non-ortho nitro benzene ring substituents is 1. The van der Waals surface area contributed by atoms with E-state index >= 15 is 0 Å². The molecule has 2 aromatic carbocycles. The van der Waals surface area contributed by atoms with Crippen LogP contribution in [-0.4, -0.2) is 35.0 Å². The standard InChI is InChI=1S/C30H31BrN2O6/c1-3-13-32-22-9-5-11-24(34)28(22)27(29-23(32)10-6-12-25(29)35)19-15-21(31)30(26(16-19)38-2)39-17-18-7-4-8-20(14-18)33(36)37/h4,7-8,14-16,27H,3,5-6,9-13,17H2,1-2H3. The number of nitrogens with zero attached hydrogens (tertiary/aromatic N) is 2. The zero-order valence-corrected chi connectivity index (χ0v) is 23.7. The maximum absolute atomic E-state index is 13.5. The smallest absolute Gasteiger partial charge is 0.269 e. The van der Waals surface area contributed by atoms with E-state index in [2.05, 4.69) is 27.8 Å². The van der Waals surface area contributed by atoms with Crippen LogP contribution in [-0.2, 0) is 16.2 Å². The lowest BCUT2D eigenvalue weighted by Gasteiger charge is -2.44. The Morgan fingerprint density at radius 2 is 1.69 bits per heavy atom. The molecular formula is C30H31BrN2O6. The maximum Gasteiger partial charge on any atom is 0.269 e. The van der Waals surface area contributed by atoms with Gasteiger partial charge in [-0.25, -0.2) is 0 Å². The number of nitro groups is 1. The van der Waals surface area contributed by atoms with Crippen LogP contribution in [0.4, 0.5) is 5.69 Å². The zero-order chi connectivity index (χ0) is 27.7. The molecule has 5 rings (SSSR count). The summed E-state index contributed by atoms with van der Waals surface area (Å²) in [6.45, 7) is 3.02. The monoisotopic (exact) mass is 594 g/mol. The Kier molecular flexibility index (Phi) is 7.88. The van der Waals surface area contributed by atoms with Crippen molar-refractivity contribution in [3.8, 4) is 11.5 Å². The van der Waals surface area contributed by atoms with Crippen LogP contribution in [0.2, 0.25) is 0 Å². The normalized spacial score (nSPS) is 17.8. The third kappa shape index (κ3) is 5.12. The highest BCUT2D eigenvalue weighted by Crippen LogP contribution is 2.51. The third-order valence-corrected chi connectivity index (χ3v) is 8.21. The summed E-state index contributed by atoms with van der Waals surface area (Å²) in [5, 5.41) is 11.2. The third-order valence-electron chi connectivity index (χ3n) is 7.62. The first-order valence-corrected chi connectivity index (χ1v) is 14.2. The molecule has 1 heterocycles. The number of ether oxygens (including phenoxy) is 2. The van der Waals surface area contributed by atoms with Gasteiger partial charge in [0.25, 0.3) is 5.69 Å². The Hall–Kier alpha value is -3.46. The number of carbonyl (C=O) groups is 2. The molecule has 0 fully saturated rings. The van der Waals surface area contributed by atoms with Gasteiger partial charge >= 0.3 is 0 Å². The molecule has 2 aliphatic carbocycles. The Morgan fingerprint density at radius 1 is 1.03 bits per heavy atom. The molecule has 0 saturated heterocycles. The number of hydrogen-bond donors (Lipinski definition) is 0. The van der Waals surface area contributed by atoms with E-state index < -0.39 is 10.8 Å². The van der Waals surface area contributed by atoms with Crippen molar-refractivity contribution in [1.82, 2.24) is 4.90 Å². The van der Waals surface area contributed by atoms with Crippen LogP contribution in [0.3, 0.4) is 0 Å². The molecule has 0 spiro atoms. The van der Waals surface area contributed by atoms with Crippen LogP contribution in [0, 0.1) is 10.1 Å². The van der Waals surface area contributed by atoms with Gasteiger partial charge in [-0.3, -0.25) is 19.7 Å². The minimum atomic E-state index is -0.445. The van der Waals surface area contributed by atoms with E-state index in [9.17, 15) is 19.7 Å². The van der Waals surface area contributed by atoms with E-state index in [1.54, 1.807) is 19.2 Å². The van der Waals surface area contributed by atoms with Crippen molar-refractivity contribution < 1.29 is 24.0 Å². The predicted octanol–water partition coefficient (Wildman–Crippen LogP) is 6.77. The molecule has 8 nitrogen and oxygen atoms in total. The Balaban J connectivity index is 1.57. The van der Waals surface area contributed by atoms with Crippen molar-refractivity contribution in [3.63, 3.8) is 0 Å². The molecule has 0 atom stereocenters. The van der Waals surface area contributed by atoms with Crippen molar-refractivity contribution in [3.05, 3.63) is 84.7 Å². The highest BCUT2D eigenvalue weighted by atomic mass is 79.9. The second-order valence-corrected chi connectivity index (χ2v) is 11.0. The second kappa shape index (κ2) is 11.3. The van der Waals surface area contributed by atoms with Gasteiger partial charge in [0.1, 0.15) is 6.61 Å². The van der Waals surface area contributed by atoms with Crippen LogP contribution >= 0.6 is 15.9 Å². The molecule has 0 bridgehead atoms. The van der Waals surface area contributed by atoms with Gasteiger partial charge in [0, 0.05) is 60.0 Å². The van der Waals surface area contributed by atoms with Crippen LogP contribution in [0.1, 0.15) is 68.9 Å². The summed E-state index contributed by atoms with van der Waals surface area (Å²) < 4.78 is 12.4. The molecule has 3 aliphatic rings. The summed E-state index contributed by atoms with van der Waals surface area (Å²) >= 11 is 3.63. The summed E-state index contributed by atoms with van der Waals surface area (Å²) in [5.41, 5.74) is 5.05. The first kappa shape index (κ1) is 27.1. The van der Waals surface area contributed by atoms with Crippen molar-refractivity contribution in [2.75, 3.05) is 13.7 Å². The van der Waals surface area contributed by atoms with E-state index in [-0.39, 0.29) is 23.9 Å². The number of methoxy groups -OCH3 is 1. The highest BCUT2D eigenvalue weighted by molar-refractivity contribution is 9.10. The Bertz CT molecular complexity index is 1370. The van der Waals surface area contributed by atoms with Crippen molar-refractivity contribution in [2.24, 2.45) is 0 Å². The average molecular weight is 595 g/mol. The van der Waals surface area contributed by atoms with Crippen LogP contribution in [0.15, 0.2) is 63.4 Å². The van der Waals surface area contributed by atoms with Gasteiger partial charge in [-0.05, 0) is 71.3 Å². The highest BCUT2D eigenvalue weighted by Gasteiger charge is 2.43. The van der Waals surface area contributed by atoms with Gasteiger partial charge in [0.2, 0.25) is 0 Å². The van der Waals surface area contributed by atoms with Gasteiger partial charge in [-0.15, -0.1) is 0 Å². The molecule has 0 unspecified atom stereocenters. The number of rotatable bonds is 8. The fraction of sp³-hybridized carbons (Fsp3) is 0.400. The molecule has 0 N–H and O–H groups in total. The lowest BCUT2D eigenvalue weighted by molar-refractivity contribution is -0.384. The molecule has 0 aromatic heterocycles. The topological polar surface area (TPSA) is 99.0 Å². The largest absolute Gasteiger partial charge is 0.493 e. The van der Waals surface area contributed by atoms with Gasteiger partial charge in [-0.1, -0.05) is 19.1 Å². The van der Waals surface area contributed by atoms with Crippen LogP contribution in [0.25, 0.3) is 0 Å². The van der Waals surface area contributed by atoms with E-state index in [0.717, 1.165) is 66.8 Å². The first-order chi connectivity index (χ1) is 18.8. The first-order valence-electron chi connectivity index (χ1n) is 13.4. The van der Waals surface area contributed by atoms with E-state index in [1.165, 1.54) is 12.1 Å². The Labute approximate surface area is 235 Å². The number of halogens is 1. The summed E-state index contributed by atoms with van der Waals surface area (Å²) in [6, 6.07) is 10.1. The van der Waals surface area contributed by atoms with Gasteiger partial charge in [0.15, 0.2) is 23.1 Å². The number of ketones is 2. The quantitative estimate of drug-likeness (QED) is 0.245. The number of Topliss-reactive ketones (excluding diaryl/α,β-unsaturated/α-hetero) is 2. The summed E-state index contributed by atoms with van der Waals surface area (Å²) in [5.74, 6) is 0.669. The summed E-state index contributed by atoms with van der Waals surface area (Å²) in [6.07, 6.45) is 5.17. The SMILES string of the molecule is CCCN1C2=C(C(=O)CCC2)C(c2cc(Br)c(OCc3cccc([N+](=O)[O-])c3)c(OC)c2)C2=C1CCCC2=O. The minimum absolute atomic E-state index is 0.00523. The molecule has 39 heavy (non-hydrogen) atoms. The number of allylic oxidation sites excluding steroid dienone is 4. The number of carbonyl (C=O) groups excluding carboxylic acids is 2. The second-order valence-electron chi connectivity index (χ2n) is 10.1. The van der Waals surface area contributed by atoms with Crippen LogP contribution < -0.4 is 9.47 Å². The molecule has 0 amide bonds. The summed E-state index contributed by atoms with van der Waals surface area (Å²) in [4.78, 5) is 39.9. The van der Waals surface area contributed by atoms with Crippen molar-refractivity contribution >= 4 is 33.2 Å². The van der Waals surface area contributed by atoms with E-state index in [0.29, 0.717) is 34.4 Å². The molecule has 1 aliphatic heterocycles. The Morgan fingerprint density at radius 3 is 2.28 bits per heavy atom. The van der Waals surface area contributed by atoms with Crippen LogP contribution in [0.5, 0.6) is 11.5 Å². The lowest BCUT2D eigenvalue weighted by Crippen LogP contribution is -2.39. The summed E-state index contributed by atoms with van der Waals surface area (Å²) in [7, 11) is 1.54. The van der Waals surface area contributed by atoms with E-state index in [4.69, 9.17) is 9.47 Å². The van der Waals surface area contributed by atoms with E-state index in [1.807, 2.05) is 12.1 Å². The molecule has 0 radical (unpaired) electrons. The fourth-order valence-electron chi connectivity index (χ4n) is 6.01. The maximum atomic E-state index is 13.5. The lowest BCUT2D eigenvalue weighted by atomic mass is 9.71. The average Bonchev–Trinajstić information content (AvgIpc) is 2.93. The number of nitro benzene ring substituents is 1. The molecule has 2 aromatic rings. The molecule has 9 heteroatoms. The van der Waals surface area contributed by atoms with Crippen molar-refractivity contribution in [2.45, 2.75) is 64.4 Å².